The number of nitrogens with one attached hydrogen (secondary N) is 1. The van der Waals surface area contributed by atoms with Crippen molar-refractivity contribution in [1.29, 1.82) is 0 Å². The molecule has 2 N–H and O–H groups in total. The van der Waals surface area contributed by atoms with Gasteiger partial charge in [-0.2, -0.15) is 0 Å². The highest BCUT2D eigenvalue weighted by atomic mass is 19.1. The fraction of sp³-hybridized carbons (Fsp3) is 0.182. The molecule has 1 aromatic carbocycles. The normalized spacial score (nSPS) is 11.3. The molecule has 1 rings (SSSR count). The van der Waals surface area contributed by atoms with Crippen LogP contribution in [0.25, 0.3) is 0 Å². The number of carbonyl (C=O) groups is 1. The van der Waals surface area contributed by atoms with Crippen molar-refractivity contribution in [2.75, 3.05) is 11.9 Å². The third-order valence-electron chi connectivity index (χ3n) is 1.80. The maximum atomic E-state index is 12.8. The van der Waals surface area contributed by atoms with Gasteiger partial charge in [0.25, 0.3) is 0 Å². The Morgan fingerprint density at radius 1 is 1.38 bits per heavy atom. The number of anilines is 1. The maximum absolute atomic E-state index is 12.8. The number of hydrogen-bond acceptors (Lipinski definition) is 2. The van der Waals surface area contributed by atoms with E-state index in [-0.39, 0.29) is 12.2 Å². The molecule has 3 nitrogen and oxygen atoms in total. The highest BCUT2D eigenvalue weighted by molar-refractivity contribution is 5.80. The average Bonchev–Trinajstić information content (AvgIpc) is 2.12. The van der Waals surface area contributed by atoms with Crippen LogP contribution in [0.3, 0.4) is 0 Å². The molecule has 0 aliphatic heterocycles. The number of carboxylic acids is 1. The van der Waals surface area contributed by atoms with Gasteiger partial charge in [-0.3, -0.25) is 0 Å². The van der Waals surface area contributed by atoms with Crippen LogP contribution < -0.4 is 5.32 Å². The quantitative estimate of drug-likeness (QED) is 0.776. The van der Waals surface area contributed by atoms with Crippen molar-refractivity contribution in [3.8, 4) is 0 Å². The van der Waals surface area contributed by atoms with E-state index >= 15 is 0 Å². The van der Waals surface area contributed by atoms with Gasteiger partial charge in [0.05, 0.1) is 0 Å². The molecule has 0 saturated heterocycles. The van der Waals surface area contributed by atoms with Gasteiger partial charge in [-0.1, -0.05) is 0 Å². The van der Waals surface area contributed by atoms with Crippen LogP contribution in [0, 0.1) is 11.6 Å². The zero-order valence-corrected chi connectivity index (χ0v) is 8.63. The van der Waals surface area contributed by atoms with Gasteiger partial charge in [0.1, 0.15) is 11.6 Å². The largest absolute Gasteiger partial charge is 0.478 e. The third-order valence-corrected chi connectivity index (χ3v) is 1.80. The van der Waals surface area contributed by atoms with E-state index in [1.807, 2.05) is 0 Å². The minimum Gasteiger partial charge on any atom is -0.478 e. The zero-order chi connectivity index (χ0) is 12.1. The van der Waals surface area contributed by atoms with Gasteiger partial charge < -0.3 is 10.4 Å². The molecule has 0 heterocycles. The molecule has 0 amide bonds. The van der Waals surface area contributed by atoms with Gasteiger partial charge in [-0.25, -0.2) is 13.6 Å². The Labute approximate surface area is 91.4 Å². The summed E-state index contributed by atoms with van der Waals surface area (Å²) in [6, 6.07) is 3.04. The van der Waals surface area contributed by atoms with Gasteiger partial charge in [0, 0.05) is 24.4 Å². The highest BCUT2D eigenvalue weighted by Crippen LogP contribution is 2.13. The average molecular weight is 227 g/mol. The summed E-state index contributed by atoms with van der Waals surface area (Å²) in [6.07, 6.45) is 1.03. The lowest BCUT2D eigenvalue weighted by atomic mass is 10.2. The number of benzene rings is 1. The first-order valence-corrected chi connectivity index (χ1v) is 4.57. The van der Waals surface area contributed by atoms with E-state index in [9.17, 15) is 13.6 Å². The van der Waals surface area contributed by atoms with E-state index in [0.717, 1.165) is 24.3 Å². The lowest BCUT2D eigenvalue weighted by Gasteiger charge is -2.06. The first kappa shape index (κ1) is 12.2. The van der Waals surface area contributed by atoms with Crippen LogP contribution in [-0.4, -0.2) is 17.6 Å². The Hall–Kier alpha value is -1.91. The number of aliphatic carboxylic acids is 1. The van der Waals surface area contributed by atoms with E-state index in [0.29, 0.717) is 5.57 Å². The molecule has 0 fully saturated rings. The van der Waals surface area contributed by atoms with Gasteiger partial charge in [-0.15, -0.1) is 0 Å². The summed E-state index contributed by atoms with van der Waals surface area (Å²) >= 11 is 0. The molecule has 0 aliphatic carbocycles. The Morgan fingerprint density at radius 3 is 2.44 bits per heavy atom. The molecule has 0 radical (unpaired) electrons. The summed E-state index contributed by atoms with van der Waals surface area (Å²) in [6.45, 7) is 1.83. The number of rotatable bonds is 4. The van der Waals surface area contributed by atoms with Crippen molar-refractivity contribution >= 4 is 11.7 Å². The molecule has 0 saturated carbocycles. The van der Waals surface area contributed by atoms with Crippen LogP contribution in [0.4, 0.5) is 14.5 Å². The second-order valence-corrected chi connectivity index (χ2v) is 3.34. The topological polar surface area (TPSA) is 49.3 Å². The van der Waals surface area contributed by atoms with Crippen molar-refractivity contribution in [2.24, 2.45) is 0 Å². The van der Waals surface area contributed by atoms with Gasteiger partial charge in [-0.05, 0) is 24.6 Å². The SMILES string of the molecule is C/C(=C/C(=O)O)CNc1cc(F)cc(F)c1. The monoisotopic (exact) mass is 227 g/mol. The summed E-state index contributed by atoms with van der Waals surface area (Å²) in [4.78, 5) is 10.3. The van der Waals surface area contributed by atoms with Gasteiger partial charge in [0.2, 0.25) is 0 Å². The van der Waals surface area contributed by atoms with Gasteiger partial charge in [0.15, 0.2) is 0 Å². The van der Waals surface area contributed by atoms with Crippen LogP contribution in [0.2, 0.25) is 0 Å². The predicted octanol–water partition coefficient (Wildman–Crippen LogP) is 2.41. The Kier molecular flexibility index (Phi) is 3.99. The lowest BCUT2D eigenvalue weighted by Crippen LogP contribution is -2.05. The molecule has 0 unspecified atom stereocenters. The molecule has 1 aromatic rings. The van der Waals surface area contributed by atoms with Crippen LogP contribution in [0.5, 0.6) is 0 Å². The molecule has 0 bridgehead atoms. The molecule has 0 atom stereocenters. The smallest absolute Gasteiger partial charge is 0.328 e. The molecule has 86 valence electrons. The van der Waals surface area contributed by atoms with Crippen LogP contribution in [0.15, 0.2) is 29.8 Å². The van der Waals surface area contributed by atoms with Crippen molar-refractivity contribution in [3.63, 3.8) is 0 Å². The minimum absolute atomic E-state index is 0.217. The summed E-state index contributed by atoms with van der Waals surface area (Å²) in [5.41, 5.74) is 0.827. The summed E-state index contributed by atoms with van der Waals surface area (Å²) < 4.78 is 25.5. The molecular formula is C11H11F2NO2. The third kappa shape index (κ3) is 4.08. The standard InChI is InChI=1S/C11H11F2NO2/c1-7(2-11(15)16)6-14-10-4-8(12)3-9(13)5-10/h2-5,14H,6H2,1H3,(H,15,16)/b7-2-. The van der Waals surface area contributed by atoms with E-state index in [1.165, 1.54) is 0 Å². The summed E-state index contributed by atoms with van der Waals surface area (Å²) in [5.74, 6) is -2.41. The summed E-state index contributed by atoms with van der Waals surface area (Å²) in [5, 5.41) is 11.2. The first-order valence-electron chi connectivity index (χ1n) is 4.57. The van der Waals surface area contributed by atoms with Crippen molar-refractivity contribution in [1.82, 2.24) is 0 Å². The maximum Gasteiger partial charge on any atom is 0.328 e. The van der Waals surface area contributed by atoms with E-state index in [4.69, 9.17) is 5.11 Å². The van der Waals surface area contributed by atoms with Gasteiger partial charge >= 0.3 is 5.97 Å². The number of carboxylic acid groups (broad SMARTS) is 1. The Morgan fingerprint density at radius 2 is 1.94 bits per heavy atom. The predicted molar refractivity (Wildman–Crippen MR) is 56.2 cm³/mol. The first-order chi connectivity index (χ1) is 7.47. The van der Waals surface area contributed by atoms with Crippen LogP contribution in [0.1, 0.15) is 6.92 Å². The van der Waals surface area contributed by atoms with Crippen molar-refractivity contribution in [3.05, 3.63) is 41.5 Å². The fourth-order valence-electron chi connectivity index (χ4n) is 1.16. The fourth-order valence-corrected chi connectivity index (χ4v) is 1.16. The van der Waals surface area contributed by atoms with Crippen LogP contribution >= 0.6 is 0 Å². The second kappa shape index (κ2) is 5.25. The molecule has 16 heavy (non-hydrogen) atoms. The Balaban J connectivity index is 2.64. The van der Waals surface area contributed by atoms with E-state index < -0.39 is 17.6 Å². The number of hydrogen-bond donors (Lipinski definition) is 2. The van der Waals surface area contributed by atoms with Crippen molar-refractivity contribution in [2.45, 2.75) is 6.92 Å². The molecule has 5 heteroatoms. The Bertz CT molecular complexity index is 410. The second-order valence-electron chi connectivity index (χ2n) is 3.34. The zero-order valence-electron chi connectivity index (χ0n) is 8.63. The highest BCUT2D eigenvalue weighted by Gasteiger charge is 2.00. The lowest BCUT2D eigenvalue weighted by molar-refractivity contribution is -0.131. The molecular weight excluding hydrogens is 216 g/mol. The van der Waals surface area contributed by atoms with E-state index in [2.05, 4.69) is 5.32 Å². The minimum atomic E-state index is -1.05. The van der Waals surface area contributed by atoms with Crippen molar-refractivity contribution < 1.29 is 18.7 Å². The number of halogens is 2. The molecule has 0 aromatic heterocycles. The van der Waals surface area contributed by atoms with E-state index in [1.54, 1.807) is 6.92 Å². The van der Waals surface area contributed by atoms with Crippen LogP contribution in [-0.2, 0) is 4.79 Å². The summed E-state index contributed by atoms with van der Waals surface area (Å²) in [7, 11) is 0. The molecule has 0 aliphatic rings. The molecule has 0 spiro atoms.